The van der Waals surface area contributed by atoms with E-state index in [1.54, 1.807) is 24.8 Å². The molecule has 0 radical (unpaired) electrons. The second kappa shape index (κ2) is 8.40. The molecule has 4 nitrogen and oxygen atoms in total. The summed E-state index contributed by atoms with van der Waals surface area (Å²) in [4.78, 5) is 18.3. The van der Waals surface area contributed by atoms with Crippen molar-refractivity contribution >= 4 is 18.5 Å². The predicted octanol–water partition coefficient (Wildman–Crippen LogP) is 5.40. The van der Waals surface area contributed by atoms with Crippen molar-refractivity contribution in [3.05, 3.63) is 83.0 Å². The van der Waals surface area contributed by atoms with Crippen molar-refractivity contribution < 1.29 is 0 Å². The minimum atomic E-state index is -0.668. The van der Waals surface area contributed by atoms with Crippen LogP contribution in [0.2, 0.25) is 0 Å². The molecular weight excluding hydrogens is 406 g/mol. The Bertz CT molecular complexity index is 968. The van der Waals surface area contributed by atoms with Crippen LogP contribution in [0.4, 0.5) is 0 Å². The summed E-state index contributed by atoms with van der Waals surface area (Å²) in [5.41, 5.74) is 6.74. The van der Waals surface area contributed by atoms with Gasteiger partial charge in [0.15, 0.2) is 0 Å². The average Bonchev–Trinajstić information content (AvgIpc) is 2.72. The maximum atomic E-state index is 4.74. The predicted molar refractivity (Wildman–Crippen MR) is 131 cm³/mol. The lowest BCUT2D eigenvalue weighted by Crippen LogP contribution is -2.33. The SMILES string of the molecule is CC(C)(C)c1ccc(CP)c(C(P)(c2cnccn2)c2cnccn2)c1C(C)(C)C. The molecule has 3 rings (SSSR count). The maximum Gasteiger partial charge on any atom is 0.0969 e. The van der Waals surface area contributed by atoms with E-state index >= 15 is 0 Å². The van der Waals surface area contributed by atoms with E-state index in [2.05, 4.69) is 82.1 Å². The zero-order valence-corrected chi connectivity index (χ0v) is 21.1. The van der Waals surface area contributed by atoms with Crippen LogP contribution in [0.3, 0.4) is 0 Å². The molecule has 3 aromatic rings. The van der Waals surface area contributed by atoms with Crippen LogP contribution >= 0.6 is 18.5 Å². The number of benzene rings is 1. The summed E-state index contributed by atoms with van der Waals surface area (Å²) in [6.07, 6.45) is 11.4. The highest BCUT2D eigenvalue weighted by Gasteiger charge is 2.42. The zero-order valence-electron chi connectivity index (χ0n) is 18.8. The number of nitrogens with zero attached hydrogens (tertiary/aromatic N) is 4. The lowest BCUT2D eigenvalue weighted by molar-refractivity contribution is 0.519. The van der Waals surface area contributed by atoms with Crippen molar-refractivity contribution in [3.8, 4) is 0 Å². The van der Waals surface area contributed by atoms with E-state index < -0.39 is 5.16 Å². The monoisotopic (exact) mass is 438 g/mol. The third-order valence-corrected chi connectivity index (χ3v) is 6.72. The molecule has 2 aromatic heterocycles. The largest absolute Gasteiger partial charge is 0.261 e. The molecule has 0 aliphatic rings. The van der Waals surface area contributed by atoms with Gasteiger partial charge >= 0.3 is 0 Å². The first-order chi connectivity index (χ1) is 14.0. The van der Waals surface area contributed by atoms with E-state index in [-0.39, 0.29) is 10.8 Å². The van der Waals surface area contributed by atoms with Gasteiger partial charge in [-0.1, -0.05) is 53.7 Å². The van der Waals surface area contributed by atoms with Gasteiger partial charge in [0.2, 0.25) is 0 Å². The Morgan fingerprint density at radius 1 is 0.733 bits per heavy atom. The topological polar surface area (TPSA) is 51.6 Å². The summed E-state index contributed by atoms with van der Waals surface area (Å²) in [7, 11) is 5.95. The lowest BCUT2D eigenvalue weighted by Gasteiger charge is -2.40. The van der Waals surface area contributed by atoms with Crippen LogP contribution in [0, 0.1) is 0 Å². The molecule has 0 bridgehead atoms. The van der Waals surface area contributed by atoms with E-state index in [9.17, 15) is 0 Å². The highest BCUT2D eigenvalue weighted by Crippen LogP contribution is 2.50. The first-order valence-corrected chi connectivity index (χ1v) is 11.6. The van der Waals surface area contributed by atoms with Gasteiger partial charge in [-0.05, 0) is 39.2 Å². The highest BCUT2D eigenvalue weighted by atomic mass is 31.0. The van der Waals surface area contributed by atoms with Crippen LogP contribution < -0.4 is 0 Å². The molecule has 6 heteroatoms. The Hall–Kier alpha value is -1.76. The zero-order chi connectivity index (χ0) is 22.2. The van der Waals surface area contributed by atoms with Crippen molar-refractivity contribution in [3.63, 3.8) is 0 Å². The van der Waals surface area contributed by atoms with Crippen molar-refractivity contribution in [2.45, 2.75) is 63.7 Å². The summed E-state index contributed by atoms with van der Waals surface area (Å²) in [6.45, 7) is 13.7. The molecule has 2 unspecified atom stereocenters. The quantitative estimate of drug-likeness (QED) is 0.512. The summed E-state index contributed by atoms with van der Waals surface area (Å²) < 4.78 is 0. The molecule has 0 N–H and O–H groups in total. The van der Waals surface area contributed by atoms with E-state index in [4.69, 9.17) is 9.97 Å². The Morgan fingerprint density at radius 2 is 1.27 bits per heavy atom. The summed E-state index contributed by atoms with van der Waals surface area (Å²) in [5.74, 6) is 0. The van der Waals surface area contributed by atoms with Gasteiger partial charge in [-0.15, -0.1) is 18.5 Å². The van der Waals surface area contributed by atoms with Crippen LogP contribution in [-0.2, 0) is 22.1 Å². The molecule has 0 saturated carbocycles. The molecule has 2 heterocycles. The van der Waals surface area contributed by atoms with Crippen molar-refractivity contribution in [2.24, 2.45) is 0 Å². The lowest BCUT2D eigenvalue weighted by atomic mass is 9.69. The molecule has 2 atom stereocenters. The maximum absolute atomic E-state index is 4.74. The molecule has 0 saturated heterocycles. The summed E-state index contributed by atoms with van der Waals surface area (Å²) >= 11 is 0. The van der Waals surface area contributed by atoms with Crippen LogP contribution in [0.1, 0.15) is 75.2 Å². The fourth-order valence-corrected chi connectivity index (χ4v) is 5.03. The molecule has 0 spiro atoms. The number of hydrogen-bond acceptors (Lipinski definition) is 4. The van der Waals surface area contributed by atoms with Crippen molar-refractivity contribution in [1.82, 2.24) is 19.9 Å². The Labute approximate surface area is 185 Å². The van der Waals surface area contributed by atoms with E-state index in [1.165, 1.54) is 22.3 Å². The Morgan fingerprint density at radius 3 is 1.63 bits per heavy atom. The fourth-order valence-electron chi connectivity index (χ4n) is 4.06. The van der Waals surface area contributed by atoms with Crippen LogP contribution in [-0.4, -0.2) is 19.9 Å². The number of hydrogen-bond donors (Lipinski definition) is 0. The fraction of sp³-hybridized carbons (Fsp3) is 0.417. The molecule has 0 aliphatic carbocycles. The van der Waals surface area contributed by atoms with Gasteiger partial charge in [0.25, 0.3) is 0 Å². The van der Waals surface area contributed by atoms with E-state index in [0.29, 0.717) is 0 Å². The molecule has 0 aliphatic heterocycles. The normalized spacial score (nSPS) is 12.8. The number of rotatable bonds is 4. The summed E-state index contributed by atoms with van der Waals surface area (Å²) in [5, 5.41) is -0.668. The Balaban J connectivity index is 2.54. The molecule has 30 heavy (non-hydrogen) atoms. The highest BCUT2D eigenvalue weighted by molar-refractivity contribution is 7.19. The van der Waals surface area contributed by atoms with E-state index in [1.807, 2.05) is 12.4 Å². The molecule has 0 fully saturated rings. The van der Waals surface area contributed by atoms with Crippen LogP contribution in [0.25, 0.3) is 0 Å². The van der Waals surface area contributed by atoms with Gasteiger partial charge in [-0.3, -0.25) is 19.9 Å². The second-order valence-corrected chi connectivity index (χ2v) is 11.0. The van der Waals surface area contributed by atoms with Gasteiger partial charge in [-0.25, -0.2) is 0 Å². The molecular formula is C24H32N4P2. The molecule has 0 amide bonds. The van der Waals surface area contributed by atoms with Gasteiger partial charge in [-0.2, -0.15) is 0 Å². The van der Waals surface area contributed by atoms with Gasteiger partial charge < -0.3 is 0 Å². The van der Waals surface area contributed by atoms with Gasteiger partial charge in [0.05, 0.1) is 28.9 Å². The van der Waals surface area contributed by atoms with Crippen LogP contribution in [0.5, 0.6) is 0 Å². The first kappa shape index (κ1) is 22.9. The smallest absolute Gasteiger partial charge is 0.0969 e. The second-order valence-electron chi connectivity index (χ2n) is 9.72. The Kier molecular flexibility index (Phi) is 6.42. The average molecular weight is 438 g/mol. The van der Waals surface area contributed by atoms with Gasteiger partial charge in [0.1, 0.15) is 0 Å². The van der Waals surface area contributed by atoms with E-state index in [0.717, 1.165) is 17.5 Å². The summed E-state index contributed by atoms with van der Waals surface area (Å²) in [6, 6.07) is 4.55. The van der Waals surface area contributed by atoms with Crippen LogP contribution in [0.15, 0.2) is 49.3 Å². The van der Waals surface area contributed by atoms with Crippen molar-refractivity contribution in [1.29, 1.82) is 0 Å². The minimum Gasteiger partial charge on any atom is -0.261 e. The van der Waals surface area contributed by atoms with Crippen molar-refractivity contribution in [2.75, 3.05) is 0 Å². The number of aromatic nitrogens is 4. The van der Waals surface area contributed by atoms with Gasteiger partial charge in [0, 0.05) is 24.8 Å². The standard InChI is InChI=1S/C24H32N4P2/c1-22(2,3)17-8-7-16(15-29)20(21(17)23(4,5)6)24(30,18-13-25-9-11-27-18)19-14-26-10-12-28-19/h7-14H,15,29-30H2,1-6H3. The molecule has 1 aromatic carbocycles. The molecule has 158 valence electrons. The minimum absolute atomic E-state index is 0.00686. The third kappa shape index (κ3) is 4.18. The first-order valence-electron chi connectivity index (χ1n) is 10.2. The third-order valence-electron chi connectivity index (χ3n) is 5.40.